The van der Waals surface area contributed by atoms with E-state index in [0.29, 0.717) is 29.2 Å². The number of halogens is 1. The summed E-state index contributed by atoms with van der Waals surface area (Å²) in [4.78, 5) is 4.52. The number of fused-ring (bicyclic) bond motifs is 1. The van der Waals surface area contributed by atoms with Gasteiger partial charge in [-0.25, -0.2) is 17.4 Å². The third kappa shape index (κ3) is 3.39. The molecular weight excluding hydrogens is 388 g/mol. The summed E-state index contributed by atoms with van der Waals surface area (Å²) in [6, 6.07) is 8.33. The van der Waals surface area contributed by atoms with Crippen LogP contribution in [0.2, 0.25) is 5.02 Å². The topological polar surface area (TPSA) is 70.4 Å². The second-order valence-corrected chi connectivity index (χ2v) is 8.36. The van der Waals surface area contributed by atoms with E-state index in [1.807, 2.05) is 6.92 Å². The molecule has 27 heavy (non-hydrogen) atoms. The highest BCUT2D eigenvalue weighted by atomic mass is 35.5. The highest BCUT2D eigenvalue weighted by molar-refractivity contribution is 7.90. The third-order valence-electron chi connectivity index (χ3n) is 4.30. The number of benzene rings is 1. The SMILES string of the molecule is Cc1ccc(S(=O)(=O)n2ccc3c(Cl)c(/C=C\C4OCCO4)cnc32)cc1. The van der Waals surface area contributed by atoms with Gasteiger partial charge in [-0.1, -0.05) is 35.4 Å². The summed E-state index contributed by atoms with van der Waals surface area (Å²) in [5, 5.41) is 0.981. The molecule has 1 aliphatic heterocycles. The first kappa shape index (κ1) is 18.2. The average molecular weight is 405 g/mol. The fraction of sp³-hybridized carbons (Fsp3) is 0.211. The molecule has 1 fully saturated rings. The Morgan fingerprint density at radius 2 is 1.89 bits per heavy atom. The number of aromatic nitrogens is 2. The van der Waals surface area contributed by atoms with Gasteiger partial charge in [0.2, 0.25) is 0 Å². The monoisotopic (exact) mass is 404 g/mol. The summed E-state index contributed by atoms with van der Waals surface area (Å²) in [6.07, 6.45) is 6.12. The van der Waals surface area contributed by atoms with Crippen LogP contribution in [0.3, 0.4) is 0 Å². The van der Waals surface area contributed by atoms with Gasteiger partial charge in [0.15, 0.2) is 11.9 Å². The first-order valence-electron chi connectivity index (χ1n) is 8.36. The Labute approximate surface area is 162 Å². The van der Waals surface area contributed by atoms with Crippen molar-refractivity contribution < 1.29 is 17.9 Å². The smallest absolute Gasteiger partial charge is 0.269 e. The van der Waals surface area contributed by atoms with Crippen LogP contribution < -0.4 is 0 Å². The van der Waals surface area contributed by atoms with Crippen molar-refractivity contribution in [2.75, 3.05) is 13.2 Å². The average Bonchev–Trinajstić information content (AvgIpc) is 3.31. The number of ether oxygens (including phenoxy) is 2. The number of hydrogen-bond donors (Lipinski definition) is 0. The van der Waals surface area contributed by atoms with Gasteiger partial charge in [-0.15, -0.1) is 0 Å². The van der Waals surface area contributed by atoms with Crippen LogP contribution in [0, 0.1) is 6.92 Å². The van der Waals surface area contributed by atoms with E-state index >= 15 is 0 Å². The summed E-state index contributed by atoms with van der Waals surface area (Å²) in [7, 11) is -3.76. The molecule has 3 aromatic rings. The maximum Gasteiger partial charge on any atom is 0.269 e. The minimum atomic E-state index is -3.76. The Balaban J connectivity index is 1.74. The van der Waals surface area contributed by atoms with E-state index in [0.717, 1.165) is 9.54 Å². The lowest BCUT2D eigenvalue weighted by Gasteiger charge is -2.08. The Bertz CT molecular complexity index is 1110. The molecule has 2 aromatic heterocycles. The van der Waals surface area contributed by atoms with Crippen molar-refractivity contribution in [1.82, 2.24) is 8.96 Å². The molecule has 0 saturated carbocycles. The van der Waals surface area contributed by atoms with Crippen molar-refractivity contribution in [2.24, 2.45) is 0 Å². The highest BCUT2D eigenvalue weighted by Crippen LogP contribution is 2.30. The van der Waals surface area contributed by atoms with Crippen molar-refractivity contribution in [3.05, 3.63) is 65.0 Å². The van der Waals surface area contributed by atoms with Crippen LogP contribution in [0.1, 0.15) is 11.1 Å². The van der Waals surface area contributed by atoms with Crippen LogP contribution in [0.25, 0.3) is 17.1 Å². The molecule has 0 atom stereocenters. The van der Waals surface area contributed by atoms with Gasteiger partial charge in [0.1, 0.15) is 0 Å². The molecule has 6 nitrogen and oxygen atoms in total. The van der Waals surface area contributed by atoms with Crippen molar-refractivity contribution in [2.45, 2.75) is 18.1 Å². The lowest BCUT2D eigenvalue weighted by Crippen LogP contribution is -2.12. The number of hydrogen-bond acceptors (Lipinski definition) is 5. The van der Waals surface area contributed by atoms with Crippen molar-refractivity contribution >= 4 is 38.7 Å². The third-order valence-corrected chi connectivity index (χ3v) is 6.40. The van der Waals surface area contributed by atoms with Crippen molar-refractivity contribution in [1.29, 1.82) is 0 Å². The molecule has 1 aromatic carbocycles. The fourth-order valence-corrected chi connectivity index (χ4v) is 4.41. The largest absolute Gasteiger partial charge is 0.347 e. The molecule has 0 aliphatic carbocycles. The predicted molar refractivity (Wildman–Crippen MR) is 103 cm³/mol. The Morgan fingerprint density at radius 1 is 1.19 bits per heavy atom. The number of aryl methyl sites for hydroxylation is 1. The summed E-state index contributed by atoms with van der Waals surface area (Å²) in [5.74, 6) is 0. The molecule has 0 N–H and O–H groups in total. The van der Waals surface area contributed by atoms with Gasteiger partial charge in [-0.05, 0) is 31.2 Å². The van der Waals surface area contributed by atoms with E-state index in [9.17, 15) is 8.42 Å². The maximum absolute atomic E-state index is 12.9. The number of pyridine rings is 1. The molecule has 3 heterocycles. The Morgan fingerprint density at radius 3 is 2.59 bits per heavy atom. The summed E-state index contributed by atoms with van der Waals surface area (Å²) < 4.78 is 37.8. The Hall–Kier alpha value is -2.19. The van der Waals surface area contributed by atoms with Crippen LogP contribution in [-0.4, -0.2) is 36.9 Å². The van der Waals surface area contributed by atoms with Gasteiger partial charge in [0.25, 0.3) is 10.0 Å². The van der Waals surface area contributed by atoms with Gasteiger partial charge in [-0.2, -0.15) is 0 Å². The van der Waals surface area contributed by atoms with Crippen LogP contribution in [0.5, 0.6) is 0 Å². The van der Waals surface area contributed by atoms with E-state index in [1.165, 1.54) is 12.4 Å². The molecule has 140 valence electrons. The summed E-state index contributed by atoms with van der Waals surface area (Å²) in [6.45, 7) is 3.01. The van der Waals surface area contributed by atoms with Crippen molar-refractivity contribution in [3.63, 3.8) is 0 Å². The summed E-state index contributed by atoms with van der Waals surface area (Å²) >= 11 is 6.48. The van der Waals surface area contributed by atoms with E-state index in [-0.39, 0.29) is 10.5 Å². The molecule has 0 spiro atoms. The molecule has 0 amide bonds. The zero-order valence-electron chi connectivity index (χ0n) is 14.5. The van der Waals surface area contributed by atoms with Gasteiger partial charge in [0, 0.05) is 23.3 Å². The number of nitrogens with zero attached hydrogens (tertiary/aromatic N) is 2. The molecule has 0 unspecified atom stereocenters. The standard InChI is InChI=1S/C19H17ClN2O4S/c1-13-2-5-15(6-3-13)27(23,24)22-9-8-16-18(20)14(12-21-19(16)22)4-7-17-25-10-11-26-17/h2-9,12,17H,10-11H2,1H3/b7-4-. The first-order chi connectivity index (χ1) is 13.0. The van der Waals surface area contributed by atoms with E-state index in [2.05, 4.69) is 4.98 Å². The van der Waals surface area contributed by atoms with Crippen LogP contribution in [-0.2, 0) is 19.5 Å². The lowest BCUT2D eigenvalue weighted by atomic mass is 10.2. The predicted octanol–water partition coefficient (Wildman–Crippen LogP) is 3.62. The van der Waals surface area contributed by atoms with E-state index in [4.69, 9.17) is 21.1 Å². The Kier molecular flexibility index (Phi) is 4.77. The number of rotatable bonds is 4. The van der Waals surface area contributed by atoms with Crippen LogP contribution in [0.4, 0.5) is 0 Å². The second-order valence-electron chi connectivity index (χ2n) is 6.16. The summed E-state index contributed by atoms with van der Waals surface area (Å²) in [5.41, 5.74) is 1.93. The quantitative estimate of drug-likeness (QED) is 0.664. The molecule has 0 radical (unpaired) electrons. The second kappa shape index (κ2) is 7.09. The maximum atomic E-state index is 12.9. The minimum Gasteiger partial charge on any atom is -0.347 e. The normalized spacial score (nSPS) is 15.9. The van der Waals surface area contributed by atoms with E-state index < -0.39 is 16.3 Å². The molecule has 1 aliphatic rings. The first-order valence-corrected chi connectivity index (χ1v) is 10.2. The van der Waals surface area contributed by atoms with Gasteiger partial charge in [0.05, 0.1) is 23.1 Å². The zero-order chi connectivity index (χ0) is 19.0. The fourth-order valence-electron chi connectivity index (χ4n) is 2.85. The molecular formula is C19H17ClN2O4S. The molecule has 0 bridgehead atoms. The van der Waals surface area contributed by atoms with E-state index in [1.54, 1.807) is 42.5 Å². The zero-order valence-corrected chi connectivity index (χ0v) is 16.1. The molecule has 1 saturated heterocycles. The van der Waals surface area contributed by atoms with Crippen molar-refractivity contribution in [3.8, 4) is 0 Å². The van der Waals surface area contributed by atoms with Gasteiger partial charge in [-0.3, -0.25) is 0 Å². The minimum absolute atomic E-state index is 0.197. The lowest BCUT2D eigenvalue weighted by molar-refractivity contribution is -0.000908. The van der Waals surface area contributed by atoms with Gasteiger partial charge >= 0.3 is 0 Å². The highest BCUT2D eigenvalue weighted by Gasteiger charge is 2.21. The van der Waals surface area contributed by atoms with Crippen LogP contribution in [0.15, 0.2) is 53.7 Å². The molecule has 4 rings (SSSR count). The van der Waals surface area contributed by atoms with Gasteiger partial charge < -0.3 is 9.47 Å². The molecule has 8 heteroatoms. The van der Waals surface area contributed by atoms with Crippen LogP contribution >= 0.6 is 11.6 Å².